The van der Waals surface area contributed by atoms with Gasteiger partial charge >= 0.3 is 5.69 Å². The fourth-order valence-electron chi connectivity index (χ4n) is 3.13. The van der Waals surface area contributed by atoms with Crippen LogP contribution in [0.3, 0.4) is 0 Å². The molecule has 24 heavy (non-hydrogen) atoms. The maximum absolute atomic E-state index is 12.3. The van der Waals surface area contributed by atoms with E-state index in [0.29, 0.717) is 16.9 Å². The molecular formula is C17H17N5O2. The molecule has 0 saturated heterocycles. The molecule has 0 atom stereocenters. The fraction of sp³-hybridized carbons (Fsp3) is 0.235. The molecule has 0 radical (unpaired) electrons. The monoisotopic (exact) mass is 323 g/mol. The van der Waals surface area contributed by atoms with E-state index < -0.39 is 11.2 Å². The third kappa shape index (κ3) is 1.81. The van der Waals surface area contributed by atoms with E-state index in [4.69, 9.17) is 0 Å². The molecule has 7 nitrogen and oxygen atoms in total. The van der Waals surface area contributed by atoms with Crippen molar-refractivity contribution in [1.82, 2.24) is 23.5 Å². The molecule has 122 valence electrons. The summed E-state index contributed by atoms with van der Waals surface area (Å²) in [6, 6.07) is 6.21. The van der Waals surface area contributed by atoms with Crippen molar-refractivity contribution in [1.29, 1.82) is 0 Å². The highest BCUT2D eigenvalue weighted by Gasteiger charge is 2.18. The molecule has 1 N–H and O–H groups in total. The standard InChI is InChI=1S/C17H17N5O2/c1-9-5-6-10(2)12(7-9)22-11(3)8-21-13-14(18-16(21)22)20(4)17(24)19-15(13)23/h5-8H,1-4H3,(H,19,23,24). The Morgan fingerprint density at radius 2 is 1.88 bits per heavy atom. The van der Waals surface area contributed by atoms with Crippen molar-refractivity contribution in [2.24, 2.45) is 7.05 Å². The number of H-pyrrole nitrogens is 1. The van der Waals surface area contributed by atoms with Crippen LogP contribution in [-0.4, -0.2) is 23.5 Å². The summed E-state index contributed by atoms with van der Waals surface area (Å²) in [5, 5.41) is 0. The summed E-state index contributed by atoms with van der Waals surface area (Å²) < 4.78 is 5.10. The lowest BCUT2D eigenvalue weighted by Crippen LogP contribution is -2.28. The number of hydrogen-bond acceptors (Lipinski definition) is 3. The van der Waals surface area contributed by atoms with Gasteiger partial charge in [-0.05, 0) is 38.0 Å². The minimum absolute atomic E-state index is 0.373. The van der Waals surface area contributed by atoms with Crippen molar-refractivity contribution in [2.45, 2.75) is 20.8 Å². The molecule has 0 aliphatic carbocycles. The van der Waals surface area contributed by atoms with E-state index in [9.17, 15) is 9.59 Å². The third-order valence-corrected chi connectivity index (χ3v) is 4.41. The molecule has 0 spiro atoms. The Balaban J connectivity index is 2.21. The number of fused-ring (bicyclic) bond motifs is 3. The Morgan fingerprint density at radius 1 is 1.12 bits per heavy atom. The Morgan fingerprint density at radius 3 is 2.62 bits per heavy atom. The lowest BCUT2D eigenvalue weighted by molar-refractivity contribution is 0.831. The van der Waals surface area contributed by atoms with Gasteiger partial charge in [0.1, 0.15) is 0 Å². The van der Waals surface area contributed by atoms with Crippen LogP contribution in [0.25, 0.3) is 22.6 Å². The highest BCUT2D eigenvalue weighted by Crippen LogP contribution is 2.23. The van der Waals surface area contributed by atoms with Crippen LogP contribution >= 0.6 is 0 Å². The lowest BCUT2D eigenvalue weighted by Gasteiger charge is -2.10. The van der Waals surface area contributed by atoms with E-state index in [-0.39, 0.29) is 0 Å². The Bertz CT molecular complexity index is 1240. The Kier molecular flexibility index (Phi) is 2.84. The predicted octanol–water partition coefficient (Wildman–Crippen LogP) is 1.59. The van der Waals surface area contributed by atoms with Gasteiger partial charge in [0.25, 0.3) is 5.56 Å². The normalized spacial score (nSPS) is 11.7. The fourth-order valence-corrected chi connectivity index (χ4v) is 3.13. The summed E-state index contributed by atoms with van der Waals surface area (Å²) in [4.78, 5) is 31.0. The van der Waals surface area contributed by atoms with Gasteiger partial charge < -0.3 is 0 Å². The second kappa shape index (κ2) is 4.70. The molecule has 3 aromatic heterocycles. The van der Waals surface area contributed by atoms with Crippen LogP contribution in [0.15, 0.2) is 34.0 Å². The number of imidazole rings is 2. The molecule has 0 amide bonds. The number of nitrogens with zero attached hydrogens (tertiary/aromatic N) is 4. The first-order chi connectivity index (χ1) is 11.4. The molecule has 0 unspecified atom stereocenters. The number of nitrogens with one attached hydrogen (secondary N) is 1. The number of benzene rings is 1. The van der Waals surface area contributed by atoms with Crippen LogP contribution in [0.5, 0.6) is 0 Å². The minimum atomic E-state index is -0.469. The molecule has 0 aliphatic heterocycles. The molecule has 0 bridgehead atoms. The summed E-state index contributed by atoms with van der Waals surface area (Å²) in [6.07, 6.45) is 1.87. The molecule has 0 aliphatic rings. The van der Waals surface area contributed by atoms with Gasteiger partial charge in [-0.1, -0.05) is 12.1 Å². The van der Waals surface area contributed by atoms with Crippen LogP contribution in [0.2, 0.25) is 0 Å². The van der Waals surface area contributed by atoms with Crippen LogP contribution in [0.4, 0.5) is 0 Å². The highest BCUT2D eigenvalue weighted by molar-refractivity contribution is 5.76. The van der Waals surface area contributed by atoms with E-state index in [1.807, 2.05) is 31.5 Å². The number of rotatable bonds is 1. The zero-order valence-corrected chi connectivity index (χ0v) is 13.9. The highest BCUT2D eigenvalue weighted by atomic mass is 16.2. The average Bonchev–Trinajstić information content (AvgIpc) is 3.02. The first kappa shape index (κ1) is 14.5. The van der Waals surface area contributed by atoms with Crippen molar-refractivity contribution in [3.63, 3.8) is 0 Å². The van der Waals surface area contributed by atoms with E-state index in [2.05, 4.69) is 28.2 Å². The maximum atomic E-state index is 12.3. The first-order valence-corrected chi connectivity index (χ1v) is 7.65. The summed E-state index contributed by atoms with van der Waals surface area (Å²) in [7, 11) is 1.60. The zero-order chi connectivity index (χ0) is 17.2. The van der Waals surface area contributed by atoms with E-state index in [1.54, 1.807) is 11.4 Å². The van der Waals surface area contributed by atoms with Gasteiger partial charge in [0.05, 0.1) is 5.69 Å². The van der Waals surface area contributed by atoms with Crippen LogP contribution < -0.4 is 11.2 Å². The van der Waals surface area contributed by atoms with Crippen LogP contribution in [-0.2, 0) is 7.05 Å². The van der Waals surface area contributed by atoms with Crippen LogP contribution in [0.1, 0.15) is 16.8 Å². The predicted molar refractivity (Wildman–Crippen MR) is 92.1 cm³/mol. The quantitative estimate of drug-likeness (QED) is 0.578. The summed E-state index contributed by atoms with van der Waals surface area (Å²) in [6.45, 7) is 6.05. The molecule has 3 heterocycles. The van der Waals surface area contributed by atoms with Gasteiger partial charge in [0, 0.05) is 18.9 Å². The zero-order valence-electron chi connectivity index (χ0n) is 13.9. The van der Waals surface area contributed by atoms with E-state index in [1.165, 1.54) is 4.57 Å². The molecule has 7 heteroatoms. The van der Waals surface area contributed by atoms with Gasteiger partial charge in [-0.3, -0.25) is 23.3 Å². The van der Waals surface area contributed by atoms with Gasteiger partial charge in [-0.15, -0.1) is 0 Å². The third-order valence-electron chi connectivity index (χ3n) is 4.41. The second-order valence-electron chi connectivity index (χ2n) is 6.17. The molecule has 4 rings (SSSR count). The molecular weight excluding hydrogens is 306 g/mol. The van der Waals surface area contributed by atoms with Gasteiger partial charge in [-0.2, -0.15) is 4.98 Å². The van der Waals surface area contributed by atoms with Crippen molar-refractivity contribution >= 4 is 16.9 Å². The van der Waals surface area contributed by atoms with Crippen molar-refractivity contribution in [2.75, 3.05) is 0 Å². The largest absolute Gasteiger partial charge is 0.329 e. The van der Waals surface area contributed by atoms with Crippen molar-refractivity contribution in [3.8, 4) is 5.69 Å². The first-order valence-electron chi connectivity index (χ1n) is 7.65. The molecule has 0 saturated carbocycles. The van der Waals surface area contributed by atoms with E-state index in [0.717, 1.165) is 22.5 Å². The number of aromatic amines is 1. The Hall–Kier alpha value is -3.09. The summed E-state index contributed by atoms with van der Waals surface area (Å²) >= 11 is 0. The summed E-state index contributed by atoms with van der Waals surface area (Å²) in [5.74, 6) is 0.614. The minimum Gasteiger partial charge on any atom is -0.283 e. The molecule has 4 aromatic rings. The summed E-state index contributed by atoms with van der Waals surface area (Å²) in [5.41, 5.74) is 4.07. The van der Waals surface area contributed by atoms with Gasteiger partial charge in [0.15, 0.2) is 11.2 Å². The molecule has 0 fully saturated rings. The van der Waals surface area contributed by atoms with Gasteiger partial charge in [-0.25, -0.2) is 4.79 Å². The number of aryl methyl sites for hydroxylation is 4. The molecule has 1 aromatic carbocycles. The Labute approximate surface area is 136 Å². The lowest BCUT2D eigenvalue weighted by atomic mass is 10.1. The average molecular weight is 323 g/mol. The number of hydrogen-bond donors (Lipinski definition) is 1. The van der Waals surface area contributed by atoms with E-state index >= 15 is 0 Å². The van der Waals surface area contributed by atoms with Gasteiger partial charge in [0.2, 0.25) is 5.78 Å². The number of aromatic nitrogens is 5. The smallest absolute Gasteiger partial charge is 0.283 e. The van der Waals surface area contributed by atoms with Crippen LogP contribution in [0, 0.1) is 20.8 Å². The topological polar surface area (TPSA) is 77.1 Å². The van der Waals surface area contributed by atoms with Crippen molar-refractivity contribution in [3.05, 3.63) is 62.1 Å². The maximum Gasteiger partial charge on any atom is 0.329 e. The SMILES string of the molecule is Cc1ccc(C)c(-n2c(C)cn3c4c(=O)[nH]c(=O)n(C)c4nc23)c1. The van der Waals surface area contributed by atoms with Crippen molar-refractivity contribution < 1.29 is 0 Å². The second-order valence-corrected chi connectivity index (χ2v) is 6.17.